The zero-order valence-electron chi connectivity index (χ0n) is 12.7. The normalized spacial score (nSPS) is 9.60. The molecule has 0 bridgehead atoms. The first kappa shape index (κ1) is 25.0. The van der Waals surface area contributed by atoms with Crippen LogP contribution in [0.3, 0.4) is 0 Å². The predicted octanol–water partition coefficient (Wildman–Crippen LogP) is 1.98. The summed E-state index contributed by atoms with van der Waals surface area (Å²) in [6.45, 7) is 0. The molecule has 0 saturated heterocycles. The first-order valence-electron chi connectivity index (χ1n) is 6.12. The molecule has 1 heterocycles. The zero-order valence-corrected chi connectivity index (χ0v) is 21.2. The molecule has 1 aromatic heterocycles. The number of benzene rings is 2. The topological polar surface area (TPSA) is 131 Å². The van der Waals surface area contributed by atoms with E-state index >= 15 is 0 Å². The molecule has 3 aromatic rings. The van der Waals surface area contributed by atoms with Gasteiger partial charge in [-0.2, -0.15) is 0 Å². The minimum absolute atomic E-state index is 0. The van der Waals surface area contributed by atoms with E-state index in [1.165, 1.54) is 6.07 Å². The first-order chi connectivity index (χ1) is 10.4. The second kappa shape index (κ2) is 9.77. The molecule has 7 nitrogen and oxygen atoms in total. The summed E-state index contributed by atoms with van der Waals surface area (Å²) < 4.78 is 5.35. The Balaban J connectivity index is 0.00000192. The van der Waals surface area contributed by atoms with Crippen molar-refractivity contribution in [2.75, 3.05) is 0 Å². The van der Waals surface area contributed by atoms with Gasteiger partial charge < -0.3 is 29.9 Å². The van der Waals surface area contributed by atoms with Crippen LogP contribution >= 0.6 is 0 Å². The Morgan fingerprint density at radius 3 is 2.00 bits per heavy atom. The summed E-state index contributed by atoms with van der Waals surface area (Å²) >= 11 is 0. The van der Waals surface area contributed by atoms with Crippen LogP contribution in [0.4, 0.5) is 0 Å². The van der Waals surface area contributed by atoms with Gasteiger partial charge in [0.1, 0.15) is 22.5 Å². The molecule has 3 radical (unpaired) electrons. The van der Waals surface area contributed by atoms with E-state index in [1.807, 2.05) is 0 Å². The summed E-state index contributed by atoms with van der Waals surface area (Å²) in [5.41, 5.74) is -0.890. The van der Waals surface area contributed by atoms with E-state index in [9.17, 15) is 30.3 Å². The summed E-state index contributed by atoms with van der Waals surface area (Å²) in [7, 11) is 0. The number of rotatable bonds is 1. The van der Waals surface area contributed by atoms with Crippen LogP contribution in [0, 0.1) is 0 Å². The average Bonchev–Trinajstić information content (AvgIpc) is 2.45. The molecule has 0 fully saturated rings. The van der Waals surface area contributed by atoms with Gasteiger partial charge in [0.05, 0.1) is 0 Å². The minimum Gasteiger partial charge on any atom is -0.508 e. The van der Waals surface area contributed by atoms with Crippen molar-refractivity contribution < 1.29 is 128 Å². The molecule has 0 aliphatic rings. The summed E-state index contributed by atoms with van der Waals surface area (Å²) in [5.74, 6) is -2.71. The van der Waals surface area contributed by atoms with E-state index < -0.39 is 22.7 Å². The van der Waals surface area contributed by atoms with Gasteiger partial charge >= 0.3 is 0 Å². The van der Waals surface area contributed by atoms with Crippen molar-refractivity contribution in [3.05, 3.63) is 40.6 Å². The fraction of sp³-hybridized carbons (Fsp3) is 0. The molecule has 2 aromatic carbocycles. The Hall–Kier alpha value is -0.0383. The average molecular weight is 569 g/mol. The van der Waals surface area contributed by atoms with Crippen molar-refractivity contribution in [3.8, 4) is 40.1 Å². The van der Waals surface area contributed by atoms with Crippen molar-refractivity contribution in [1.29, 1.82) is 0 Å². The monoisotopic (exact) mass is 569 g/mol. The van der Waals surface area contributed by atoms with Gasteiger partial charge in [-0.1, -0.05) is 0 Å². The molecule has 10 heteroatoms. The molecule has 0 aliphatic heterocycles. The van der Waals surface area contributed by atoms with Crippen LogP contribution in [0.25, 0.3) is 22.3 Å². The first-order valence-corrected chi connectivity index (χ1v) is 6.12. The fourth-order valence-electron chi connectivity index (χ4n) is 2.14. The van der Waals surface area contributed by atoms with Gasteiger partial charge in [0, 0.05) is 116 Å². The second-order valence-electron chi connectivity index (χ2n) is 4.65. The van der Waals surface area contributed by atoms with Gasteiger partial charge in [0.2, 0.25) is 11.2 Å². The summed E-state index contributed by atoms with van der Waals surface area (Å²) in [5, 5.41) is 47.6. The van der Waals surface area contributed by atoms with Crippen molar-refractivity contribution in [2.24, 2.45) is 0 Å². The van der Waals surface area contributed by atoms with Crippen LogP contribution in [0.1, 0.15) is 0 Å². The molecular formula is C15H10O7Y3. The molecule has 25 heavy (non-hydrogen) atoms. The minimum atomic E-state index is -0.888. The maximum atomic E-state index is 12.1. The third kappa shape index (κ3) is 4.82. The second-order valence-corrected chi connectivity index (χ2v) is 4.65. The Bertz CT molecular complexity index is 969. The van der Waals surface area contributed by atoms with Crippen molar-refractivity contribution in [2.45, 2.75) is 0 Å². The molecule has 0 aliphatic carbocycles. The van der Waals surface area contributed by atoms with E-state index in [-0.39, 0.29) is 132 Å². The van der Waals surface area contributed by atoms with Gasteiger partial charge in [-0.15, -0.1) is 0 Å². The van der Waals surface area contributed by atoms with E-state index in [2.05, 4.69) is 0 Å². The molecule has 0 unspecified atom stereocenters. The smallest absolute Gasteiger partial charge is 0.238 e. The quantitative estimate of drug-likeness (QED) is 0.284. The van der Waals surface area contributed by atoms with Gasteiger partial charge in [-0.05, 0) is 18.2 Å². The van der Waals surface area contributed by atoms with Gasteiger partial charge in [0.25, 0.3) is 0 Å². The summed E-state index contributed by atoms with van der Waals surface area (Å²) in [6, 6.07) is 5.64. The van der Waals surface area contributed by atoms with Crippen LogP contribution in [0.15, 0.2) is 39.5 Å². The van der Waals surface area contributed by atoms with E-state index in [1.54, 1.807) is 0 Å². The van der Waals surface area contributed by atoms with E-state index in [0.29, 0.717) is 0 Å². The molecule has 0 atom stereocenters. The van der Waals surface area contributed by atoms with Crippen LogP contribution in [0.5, 0.6) is 28.7 Å². The van der Waals surface area contributed by atoms with Crippen molar-refractivity contribution in [1.82, 2.24) is 0 Å². The van der Waals surface area contributed by atoms with Gasteiger partial charge in [0.15, 0.2) is 17.3 Å². The molecule has 5 N–H and O–H groups in total. The van der Waals surface area contributed by atoms with Crippen LogP contribution in [-0.4, -0.2) is 25.5 Å². The SMILES string of the molecule is O=c1c(O)c(-c2ccc(O)c(O)c2)oc2cc(O)cc(O)c12.[Y].[Y].[Y]. The Morgan fingerprint density at radius 1 is 0.760 bits per heavy atom. The molecule has 3 rings (SSSR count). The molecule has 0 spiro atoms. The number of phenols is 4. The van der Waals surface area contributed by atoms with Crippen LogP contribution < -0.4 is 5.43 Å². The van der Waals surface area contributed by atoms with Crippen LogP contribution in [-0.2, 0) is 98.1 Å². The number of phenolic OH excluding ortho intramolecular Hbond substituents is 4. The Labute approximate surface area is 216 Å². The Morgan fingerprint density at radius 2 is 1.40 bits per heavy atom. The molecular weight excluding hydrogens is 559 g/mol. The van der Waals surface area contributed by atoms with Gasteiger partial charge in [-0.3, -0.25) is 4.79 Å². The Kier molecular flexibility index (Phi) is 9.75. The number of hydrogen-bond acceptors (Lipinski definition) is 7. The molecule has 0 amide bonds. The molecule has 121 valence electrons. The summed E-state index contributed by atoms with van der Waals surface area (Å²) in [6.07, 6.45) is 0. The largest absolute Gasteiger partial charge is 0.508 e. The standard InChI is InChI=1S/C15H10O7.3Y/c16-7-4-10(19)12-11(5-7)22-15(14(21)13(12)20)6-1-2-8(17)9(18)3-6;;;/h1-5,16-19,21H;;;. The van der Waals surface area contributed by atoms with E-state index in [4.69, 9.17) is 4.42 Å². The number of hydrogen-bond donors (Lipinski definition) is 5. The number of aromatic hydroxyl groups is 5. The van der Waals surface area contributed by atoms with Crippen LogP contribution in [0.2, 0.25) is 0 Å². The third-order valence-electron chi connectivity index (χ3n) is 3.17. The van der Waals surface area contributed by atoms with Crippen molar-refractivity contribution >= 4 is 11.0 Å². The summed E-state index contributed by atoms with van der Waals surface area (Å²) in [4.78, 5) is 12.1. The maximum Gasteiger partial charge on any atom is 0.238 e. The zero-order chi connectivity index (χ0) is 16.0. The maximum absolute atomic E-state index is 12.1. The van der Waals surface area contributed by atoms with Crippen molar-refractivity contribution in [3.63, 3.8) is 0 Å². The third-order valence-corrected chi connectivity index (χ3v) is 3.17. The van der Waals surface area contributed by atoms with Gasteiger partial charge in [-0.25, -0.2) is 0 Å². The predicted molar refractivity (Wildman–Crippen MR) is 76.2 cm³/mol. The molecule has 0 saturated carbocycles. The van der Waals surface area contributed by atoms with E-state index in [0.717, 1.165) is 24.3 Å². The fourth-order valence-corrected chi connectivity index (χ4v) is 2.14. The number of fused-ring (bicyclic) bond motifs is 1.